The third-order valence-electron chi connectivity index (χ3n) is 12.9. The van der Waals surface area contributed by atoms with Crippen LogP contribution in [0.25, 0.3) is 95.4 Å². The van der Waals surface area contributed by atoms with E-state index in [0.29, 0.717) is 17.5 Å². The largest absolute Gasteiger partial charge is 0.299 e. The van der Waals surface area contributed by atoms with Gasteiger partial charge in [-0.05, 0) is 85.6 Å². The molecule has 0 radical (unpaired) electrons. The summed E-state index contributed by atoms with van der Waals surface area (Å²) in [6.07, 6.45) is 2.09. The predicted octanol–water partition coefficient (Wildman–Crippen LogP) is 13.4. The number of nitrogens with zero attached hydrogens (tertiary/aromatic N) is 5. The molecule has 5 nitrogen and oxygen atoms in total. The fourth-order valence-electron chi connectivity index (χ4n) is 10.3. The molecular formula is C57H35N5. The Hall–Kier alpha value is -8.28. The van der Waals surface area contributed by atoms with Crippen LogP contribution >= 0.6 is 0 Å². The van der Waals surface area contributed by atoms with Crippen LogP contribution in [0.3, 0.4) is 0 Å². The average Bonchev–Trinajstić information content (AvgIpc) is 3.98. The lowest BCUT2D eigenvalue weighted by atomic mass is 9.70. The summed E-state index contributed by atoms with van der Waals surface area (Å²) < 4.78 is 2.18. The second-order valence-electron chi connectivity index (χ2n) is 16.2. The van der Waals surface area contributed by atoms with E-state index in [-0.39, 0.29) is 0 Å². The third-order valence-corrected chi connectivity index (χ3v) is 12.9. The smallest absolute Gasteiger partial charge is 0.164 e. The lowest BCUT2D eigenvalue weighted by Gasteiger charge is -2.30. The number of hydrogen-bond donors (Lipinski definition) is 0. The van der Waals surface area contributed by atoms with Gasteiger partial charge in [0.2, 0.25) is 0 Å². The van der Waals surface area contributed by atoms with Crippen molar-refractivity contribution in [3.63, 3.8) is 0 Å². The van der Waals surface area contributed by atoms with Gasteiger partial charge in [0.1, 0.15) is 5.65 Å². The Kier molecular flexibility index (Phi) is 7.45. The van der Waals surface area contributed by atoms with Crippen molar-refractivity contribution in [1.82, 2.24) is 24.3 Å². The van der Waals surface area contributed by atoms with Gasteiger partial charge in [-0.1, -0.05) is 176 Å². The van der Waals surface area contributed by atoms with Crippen LogP contribution in [0.15, 0.2) is 212 Å². The Morgan fingerprint density at radius 2 is 0.823 bits per heavy atom. The molecule has 2 aliphatic carbocycles. The fourth-order valence-corrected chi connectivity index (χ4v) is 10.3. The van der Waals surface area contributed by atoms with Gasteiger partial charge in [0.05, 0.1) is 16.8 Å². The molecule has 0 aliphatic heterocycles. The van der Waals surface area contributed by atoms with Crippen LogP contribution in [0, 0.1) is 0 Å². The first-order valence-corrected chi connectivity index (χ1v) is 21.1. The lowest BCUT2D eigenvalue weighted by Crippen LogP contribution is -2.25. The van der Waals surface area contributed by atoms with Crippen molar-refractivity contribution in [2.75, 3.05) is 0 Å². The fraction of sp³-hybridized carbons (Fsp3) is 0.0175. The highest BCUT2D eigenvalue weighted by Crippen LogP contribution is 2.63. The molecule has 3 heterocycles. The minimum absolute atomic E-state index is 0.490. The summed E-state index contributed by atoms with van der Waals surface area (Å²) in [4.78, 5) is 21.4. The monoisotopic (exact) mass is 789 g/mol. The molecule has 288 valence electrons. The molecule has 62 heavy (non-hydrogen) atoms. The van der Waals surface area contributed by atoms with Gasteiger partial charge in [0.15, 0.2) is 17.5 Å². The Morgan fingerprint density at radius 3 is 1.47 bits per heavy atom. The minimum atomic E-state index is -0.490. The molecule has 0 atom stereocenters. The summed E-state index contributed by atoms with van der Waals surface area (Å²) in [6.45, 7) is 0. The summed E-state index contributed by atoms with van der Waals surface area (Å²) in [5.41, 5.74) is 17.2. The van der Waals surface area contributed by atoms with Crippen LogP contribution in [0.4, 0.5) is 0 Å². The molecule has 11 aromatic rings. The average molecular weight is 790 g/mol. The number of fused-ring (bicyclic) bond motifs is 12. The van der Waals surface area contributed by atoms with Gasteiger partial charge in [-0.2, -0.15) is 0 Å². The van der Waals surface area contributed by atoms with E-state index >= 15 is 0 Å². The summed E-state index contributed by atoms with van der Waals surface area (Å²) in [5.74, 6) is 1.80. The summed E-state index contributed by atoms with van der Waals surface area (Å²) in [7, 11) is 0. The van der Waals surface area contributed by atoms with Crippen molar-refractivity contribution in [2.24, 2.45) is 0 Å². The molecule has 0 N–H and O–H groups in total. The maximum absolute atomic E-state index is 5.47. The molecule has 1 spiro atoms. The van der Waals surface area contributed by atoms with E-state index in [2.05, 4.69) is 193 Å². The van der Waals surface area contributed by atoms with Gasteiger partial charge in [0.25, 0.3) is 0 Å². The van der Waals surface area contributed by atoms with Gasteiger partial charge < -0.3 is 0 Å². The zero-order valence-corrected chi connectivity index (χ0v) is 33.4. The number of aromatic nitrogens is 5. The van der Waals surface area contributed by atoms with E-state index in [1.54, 1.807) is 0 Å². The zero-order valence-electron chi connectivity index (χ0n) is 33.4. The molecule has 0 bridgehead atoms. The Labute approximate surface area is 358 Å². The zero-order chi connectivity index (χ0) is 40.8. The number of imidazole rings is 1. The van der Waals surface area contributed by atoms with Crippen LogP contribution in [0.2, 0.25) is 0 Å². The third kappa shape index (κ3) is 4.96. The van der Waals surface area contributed by atoms with Crippen molar-refractivity contribution >= 4 is 16.4 Å². The van der Waals surface area contributed by atoms with Gasteiger partial charge in [-0.25, -0.2) is 19.9 Å². The molecule has 0 saturated carbocycles. The van der Waals surface area contributed by atoms with Crippen molar-refractivity contribution < 1.29 is 0 Å². The number of pyridine rings is 1. The highest BCUT2D eigenvalue weighted by molar-refractivity contribution is 5.99. The maximum atomic E-state index is 5.47. The van der Waals surface area contributed by atoms with Crippen LogP contribution in [-0.2, 0) is 5.41 Å². The van der Waals surface area contributed by atoms with E-state index in [0.717, 1.165) is 55.6 Å². The lowest BCUT2D eigenvalue weighted by molar-refractivity contribution is 0.794. The van der Waals surface area contributed by atoms with E-state index < -0.39 is 5.41 Å². The Bertz CT molecular complexity index is 3530. The van der Waals surface area contributed by atoms with E-state index in [1.165, 1.54) is 44.5 Å². The molecule has 2 aliphatic rings. The molecule has 0 amide bonds. The number of benzene rings is 8. The quantitative estimate of drug-likeness (QED) is 0.174. The SMILES string of the molecule is c1ccc(-c2nc(-c3ccc4c(c3)C3(c5ccccc5-c5ccccc53)c3ccccc3-4)nc(-c3cc4ccccc4cc3-c3nc4ccccn4c3-c3ccccc3)n2)cc1. The summed E-state index contributed by atoms with van der Waals surface area (Å²) in [5, 5.41) is 2.20. The van der Waals surface area contributed by atoms with Crippen LogP contribution in [0.1, 0.15) is 22.3 Å². The van der Waals surface area contributed by atoms with Gasteiger partial charge in [-0.15, -0.1) is 0 Å². The molecule has 8 aromatic carbocycles. The standard InChI is InChI=1S/C57H35N5/c1-3-17-36(18-4-1)53-52(58-51-29-15-16-32-62(51)53)45-33-38-21-7-8-22-39(38)34-46(45)56-60-54(37-19-5-2-6-20-37)59-55(61-56)40-30-31-44-43-25-11-14-28-49(43)57(50(44)35-40)47-26-12-9-23-41(47)42-24-10-13-27-48(42)57/h1-35H. The van der Waals surface area contributed by atoms with Gasteiger partial charge in [0, 0.05) is 34.0 Å². The first-order chi connectivity index (χ1) is 30.7. The van der Waals surface area contributed by atoms with Gasteiger partial charge >= 0.3 is 0 Å². The Morgan fingerprint density at radius 1 is 0.323 bits per heavy atom. The van der Waals surface area contributed by atoms with E-state index in [9.17, 15) is 0 Å². The van der Waals surface area contributed by atoms with E-state index in [4.69, 9.17) is 19.9 Å². The molecule has 3 aromatic heterocycles. The predicted molar refractivity (Wildman–Crippen MR) is 250 cm³/mol. The first-order valence-electron chi connectivity index (χ1n) is 21.1. The highest BCUT2D eigenvalue weighted by atomic mass is 15.0. The molecular weight excluding hydrogens is 755 g/mol. The molecule has 5 heteroatoms. The normalized spacial score (nSPS) is 13.0. The van der Waals surface area contributed by atoms with E-state index in [1.807, 2.05) is 24.3 Å². The van der Waals surface area contributed by atoms with Crippen molar-refractivity contribution in [2.45, 2.75) is 5.41 Å². The molecule has 13 rings (SSSR count). The van der Waals surface area contributed by atoms with Crippen LogP contribution in [0.5, 0.6) is 0 Å². The van der Waals surface area contributed by atoms with Crippen LogP contribution < -0.4 is 0 Å². The Balaban J connectivity index is 1.08. The highest BCUT2D eigenvalue weighted by Gasteiger charge is 2.51. The second-order valence-corrected chi connectivity index (χ2v) is 16.2. The first kappa shape index (κ1) is 34.6. The van der Waals surface area contributed by atoms with Crippen LogP contribution in [-0.4, -0.2) is 24.3 Å². The number of rotatable bonds is 5. The molecule has 0 fully saturated rings. The second kappa shape index (κ2) is 13.4. The summed E-state index contributed by atoms with van der Waals surface area (Å²) in [6, 6.07) is 73.4. The molecule has 0 saturated heterocycles. The van der Waals surface area contributed by atoms with Gasteiger partial charge in [-0.3, -0.25) is 4.40 Å². The molecule has 0 unspecified atom stereocenters. The number of hydrogen-bond acceptors (Lipinski definition) is 4. The summed E-state index contributed by atoms with van der Waals surface area (Å²) >= 11 is 0. The minimum Gasteiger partial charge on any atom is -0.299 e. The van der Waals surface area contributed by atoms with Crippen molar-refractivity contribution in [1.29, 1.82) is 0 Å². The van der Waals surface area contributed by atoms with Crippen molar-refractivity contribution in [3.8, 4) is 78.9 Å². The topological polar surface area (TPSA) is 56.0 Å². The maximum Gasteiger partial charge on any atom is 0.164 e. The van der Waals surface area contributed by atoms with Crippen molar-refractivity contribution in [3.05, 3.63) is 235 Å².